The van der Waals surface area contributed by atoms with Gasteiger partial charge in [0.1, 0.15) is 0 Å². The van der Waals surface area contributed by atoms with Gasteiger partial charge in [0, 0.05) is 29.4 Å². The molecule has 0 bridgehead atoms. The number of hydrogen-bond donors (Lipinski definition) is 1. The molecule has 1 saturated heterocycles. The Kier molecular flexibility index (Phi) is 6.49. The quantitative estimate of drug-likeness (QED) is 0.883. The van der Waals surface area contributed by atoms with E-state index in [1.807, 2.05) is 47.7 Å². The Morgan fingerprint density at radius 3 is 2.60 bits per heavy atom. The summed E-state index contributed by atoms with van der Waals surface area (Å²) in [6.45, 7) is 6.19. The first kappa shape index (κ1) is 19.8. The van der Waals surface area contributed by atoms with Crippen LogP contribution in [0, 0.1) is 19.8 Å². The zero-order chi connectivity index (χ0) is 17.3. The third-order valence-electron chi connectivity index (χ3n) is 4.81. The van der Waals surface area contributed by atoms with Gasteiger partial charge in [-0.1, -0.05) is 11.6 Å². The predicted molar refractivity (Wildman–Crippen MR) is 103 cm³/mol. The lowest BCUT2D eigenvalue weighted by Gasteiger charge is -2.16. The molecule has 1 aromatic heterocycles. The highest BCUT2D eigenvalue weighted by atomic mass is 35.5. The number of carbonyl (C=O) groups is 1. The Balaban J connectivity index is 0.00000225. The molecule has 1 aliphatic rings. The summed E-state index contributed by atoms with van der Waals surface area (Å²) in [5.74, 6) is 0.598. The fourth-order valence-electron chi connectivity index (χ4n) is 3.28. The van der Waals surface area contributed by atoms with Crippen LogP contribution in [-0.4, -0.2) is 40.2 Å². The lowest BCUT2D eigenvalue weighted by atomic mass is 10.1. The minimum atomic E-state index is 0. The van der Waals surface area contributed by atoms with Gasteiger partial charge in [-0.25, -0.2) is 4.68 Å². The van der Waals surface area contributed by atoms with Crippen molar-refractivity contribution in [2.75, 3.05) is 19.6 Å². The van der Waals surface area contributed by atoms with Gasteiger partial charge in [0.05, 0.1) is 17.8 Å². The number of carbonyl (C=O) groups excluding carboxylic acids is 1. The van der Waals surface area contributed by atoms with Crippen LogP contribution in [0.25, 0.3) is 5.69 Å². The number of nitrogens with zero attached hydrogens (tertiary/aromatic N) is 3. The van der Waals surface area contributed by atoms with Gasteiger partial charge in [0.2, 0.25) is 5.91 Å². The number of nitrogens with two attached hydrogens (primary N) is 1. The van der Waals surface area contributed by atoms with Crippen molar-refractivity contribution < 1.29 is 4.79 Å². The second kappa shape index (κ2) is 8.21. The third-order valence-corrected chi connectivity index (χ3v) is 5.06. The van der Waals surface area contributed by atoms with Gasteiger partial charge < -0.3 is 10.6 Å². The molecule has 25 heavy (non-hydrogen) atoms. The zero-order valence-electron chi connectivity index (χ0n) is 14.5. The first-order valence-corrected chi connectivity index (χ1v) is 8.66. The van der Waals surface area contributed by atoms with E-state index in [1.165, 1.54) is 0 Å². The van der Waals surface area contributed by atoms with Crippen LogP contribution in [0.2, 0.25) is 5.02 Å². The van der Waals surface area contributed by atoms with Gasteiger partial charge in [0.15, 0.2) is 0 Å². The molecule has 2 aromatic rings. The molecule has 1 aliphatic heterocycles. The fraction of sp³-hybridized carbons (Fsp3) is 0.444. The minimum Gasteiger partial charge on any atom is -0.342 e. The van der Waals surface area contributed by atoms with Crippen LogP contribution >= 0.6 is 24.0 Å². The van der Waals surface area contributed by atoms with Crippen molar-refractivity contribution in [1.29, 1.82) is 0 Å². The predicted octanol–water partition coefficient (Wildman–Crippen LogP) is 2.91. The molecule has 0 aliphatic carbocycles. The lowest BCUT2D eigenvalue weighted by Crippen LogP contribution is -2.31. The van der Waals surface area contributed by atoms with Crippen molar-refractivity contribution in [2.24, 2.45) is 11.7 Å². The summed E-state index contributed by atoms with van der Waals surface area (Å²) >= 11 is 5.95. The molecule has 0 radical (unpaired) electrons. The monoisotopic (exact) mass is 382 g/mol. The number of amides is 1. The Morgan fingerprint density at radius 1 is 1.32 bits per heavy atom. The lowest BCUT2D eigenvalue weighted by molar-refractivity contribution is -0.129. The third kappa shape index (κ3) is 4.17. The second-order valence-electron chi connectivity index (χ2n) is 6.44. The summed E-state index contributed by atoms with van der Waals surface area (Å²) in [6.07, 6.45) is 1.40. The number of likely N-dealkylation sites (tertiary alicyclic amines) is 1. The molecule has 0 spiro atoms. The Labute approximate surface area is 159 Å². The molecule has 1 amide bonds. The van der Waals surface area contributed by atoms with E-state index in [0.29, 0.717) is 23.9 Å². The zero-order valence-corrected chi connectivity index (χ0v) is 16.1. The maximum Gasteiger partial charge on any atom is 0.227 e. The smallest absolute Gasteiger partial charge is 0.227 e. The van der Waals surface area contributed by atoms with Crippen LogP contribution < -0.4 is 5.73 Å². The maximum atomic E-state index is 12.6. The summed E-state index contributed by atoms with van der Waals surface area (Å²) in [7, 11) is 0. The van der Waals surface area contributed by atoms with E-state index in [0.717, 1.165) is 42.1 Å². The van der Waals surface area contributed by atoms with E-state index >= 15 is 0 Å². The SMILES string of the molecule is Cc1nn(-c2ccc(Cl)cc2)c(C)c1CC(=O)N1CCC(CN)C1.Cl. The van der Waals surface area contributed by atoms with Gasteiger partial charge in [0.25, 0.3) is 0 Å². The molecule has 1 atom stereocenters. The summed E-state index contributed by atoms with van der Waals surface area (Å²) in [5.41, 5.74) is 9.56. The summed E-state index contributed by atoms with van der Waals surface area (Å²) < 4.78 is 1.88. The average molecular weight is 383 g/mol. The van der Waals surface area contributed by atoms with E-state index in [4.69, 9.17) is 17.3 Å². The summed E-state index contributed by atoms with van der Waals surface area (Å²) in [6, 6.07) is 7.55. The summed E-state index contributed by atoms with van der Waals surface area (Å²) in [5, 5.41) is 5.30. The van der Waals surface area contributed by atoms with Gasteiger partial charge >= 0.3 is 0 Å². The van der Waals surface area contributed by atoms with Crippen LogP contribution in [0.3, 0.4) is 0 Å². The van der Waals surface area contributed by atoms with E-state index in [9.17, 15) is 4.79 Å². The average Bonchev–Trinajstić information content (AvgIpc) is 3.16. The molecule has 1 unspecified atom stereocenters. The fourth-order valence-corrected chi connectivity index (χ4v) is 3.41. The van der Waals surface area contributed by atoms with E-state index in [2.05, 4.69) is 5.10 Å². The molecular formula is C18H24Cl2N4O. The Bertz CT molecular complexity index is 742. The van der Waals surface area contributed by atoms with E-state index in [1.54, 1.807) is 0 Å². The van der Waals surface area contributed by atoms with Gasteiger partial charge in [-0.3, -0.25) is 4.79 Å². The number of benzene rings is 1. The van der Waals surface area contributed by atoms with Crippen LogP contribution in [-0.2, 0) is 11.2 Å². The van der Waals surface area contributed by atoms with Crippen LogP contribution in [0.5, 0.6) is 0 Å². The summed E-state index contributed by atoms with van der Waals surface area (Å²) in [4.78, 5) is 14.5. The minimum absolute atomic E-state index is 0. The molecule has 7 heteroatoms. The highest BCUT2D eigenvalue weighted by Gasteiger charge is 2.26. The second-order valence-corrected chi connectivity index (χ2v) is 6.88. The molecule has 1 aromatic carbocycles. The molecule has 136 valence electrons. The van der Waals surface area contributed by atoms with Crippen LogP contribution in [0.4, 0.5) is 0 Å². The largest absolute Gasteiger partial charge is 0.342 e. The number of rotatable bonds is 4. The molecule has 0 saturated carbocycles. The van der Waals surface area contributed by atoms with Crippen LogP contribution in [0.15, 0.2) is 24.3 Å². The van der Waals surface area contributed by atoms with Crippen molar-refractivity contribution in [1.82, 2.24) is 14.7 Å². The Morgan fingerprint density at radius 2 is 2.00 bits per heavy atom. The number of aromatic nitrogens is 2. The van der Waals surface area contributed by atoms with Crippen molar-refractivity contribution >= 4 is 29.9 Å². The molecule has 5 nitrogen and oxygen atoms in total. The van der Waals surface area contributed by atoms with Crippen molar-refractivity contribution in [3.8, 4) is 5.69 Å². The first-order valence-electron chi connectivity index (χ1n) is 8.28. The van der Waals surface area contributed by atoms with Gasteiger partial charge in [-0.2, -0.15) is 5.10 Å². The topological polar surface area (TPSA) is 64.2 Å². The highest BCUT2D eigenvalue weighted by Crippen LogP contribution is 2.22. The van der Waals surface area contributed by atoms with Crippen molar-refractivity contribution in [2.45, 2.75) is 26.7 Å². The van der Waals surface area contributed by atoms with Gasteiger partial charge in [-0.15, -0.1) is 12.4 Å². The Hall–Kier alpha value is -1.56. The van der Waals surface area contributed by atoms with E-state index < -0.39 is 0 Å². The molecule has 3 rings (SSSR count). The van der Waals surface area contributed by atoms with Gasteiger partial charge in [-0.05, 0) is 57.0 Å². The van der Waals surface area contributed by atoms with E-state index in [-0.39, 0.29) is 18.3 Å². The molecular weight excluding hydrogens is 359 g/mol. The number of hydrogen-bond acceptors (Lipinski definition) is 3. The van der Waals surface area contributed by atoms with Crippen molar-refractivity contribution in [3.63, 3.8) is 0 Å². The molecule has 2 N–H and O–H groups in total. The van der Waals surface area contributed by atoms with Crippen molar-refractivity contribution in [3.05, 3.63) is 46.2 Å². The number of halogens is 2. The first-order chi connectivity index (χ1) is 11.5. The maximum absolute atomic E-state index is 12.6. The standard InChI is InChI=1S/C18H23ClN4O.ClH/c1-12-17(9-18(24)22-8-7-14(10-20)11-22)13(2)23(21-12)16-5-3-15(19)4-6-16;/h3-6,14H,7-11,20H2,1-2H3;1H. The van der Waals surface area contributed by atoms with Crippen LogP contribution in [0.1, 0.15) is 23.4 Å². The number of aryl methyl sites for hydroxylation is 1. The normalized spacial score (nSPS) is 16.8. The molecule has 2 heterocycles. The highest BCUT2D eigenvalue weighted by molar-refractivity contribution is 6.30. The molecule has 1 fully saturated rings.